The van der Waals surface area contributed by atoms with Crippen molar-refractivity contribution in [3.8, 4) is 21.9 Å². The molecule has 9 rings (SSSR count). The highest BCUT2D eigenvalue weighted by Gasteiger charge is 2.42. The van der Waals surface area contributed by atoms with E-state index in [0.29, 0.717) is 0 Å². The van der Waals surface area contributed by atoms with Gasteiger partial charge >= 0.3 is 0 Å². The Morgan fingerprint density at radius 1 is 0.627 bits per heavy atom. The predicted octanol–water partition coefficient (Wildman–Crippen LogP) is 10.3. The lowest BCUT2D eigenvalue weighted by Crippen LogP contribution is -2.13. The first-order valence-electron chi connectivity index (χ1n) is 15.2. The number of rotatable bonds is 2. The molecule has 8 nitrogen and oxygen atoms in total. The van der Waals surface area contributed by atoms with Crippen molar-refractivity contribution >= 4 is 111 Å². The van der Waals surface area contributed by atoms with E-state index in [9.17, 15) is 29.7 Å². The van der Waals surface area contributed by atoms with Gasteiger partial charge in [-0.1, -0.05) is 26.0 Å². The molecule has 3 aliphatic rings. The zero-order valence-electron chi connectivity index (χ0n) is 26.2. The van der Waals surface area contributed by atoms with Gasteiger partial charge < -0.3 is 0 Å². The Hall–Kier alpha value is -6.12. The van der Waals surface area contributed by atoms with Crippen LogP contribution in [0.3, 0.4) is 0 Å². The van der Waals surface area contributed by atoms with Gasteiger partial charge in [-0.25, -0.2) is 0 Å². The highest BCUT2D eigenvalue weighted by atomic mass is 32.1. The van der Waals surface area contributed by atoms with Crippen LogP contribution < -0.4 is 0 Å². The molecule has 4 heterocycles. The second-order valence-corrected chi connectivity index (χ2v) is 16.9. The maximum atomic E-state index is 13.3. The molecular formula is C39H14N4O4S4. The number of thiophene rings is 4. The number of hydrogen-bond acceptors (Lipinski definition) is 10. The minimum absolute atomic E-state index is 0.00907. The topological polar surface area (TPSA) is 125 Å². The van der Waals surface area contributed by atoms with Gasteiger partial charge in [0.1, 0.15) is 12.1 Å². The van der Waals surface area contributed by atoms with Gasteiger partial charge in [0, 0.05) is 47.0 Å². The summed E-state index contributed by atoms with van der Waals surface area (Å²) in [6.07, 6.45) is 3.22. The van der Waals surface area contributed by atoms with E-state index in [2.05, 4.69) is 23.5 Å². The average molecular weight is 731 g/mol. The van der Waals surface area contributed by atoms with E-state index in [0.717, 1.165) is 39.2 Å². The molecular weight excluding hydrogens is 717 g/mol. The molecule has 51 heavy (non-hydrogen) atoms. The molecule has 4 aromatic heterocycles. The van der Waals surface area contributed by atoms with Crippen LogP contribution in [-0.2, 0) is 5.41 Å². The van der Waals surface area contributed by atoms with Crippen LogP contribution in [0.4, 0.5) is 11.4 Å². The molecule has 2 aromatic carbocycles. The number of nitrogens with zero attached hydrogens (tertiary/aromatic N) is 4. The predicted molar refractivity (Wildman–Crippen MR) is 199 cm³/mol. The standard InChI is InChI=1S/C39H14N4O4S4/c1-39(2)25-9-17(7-23-32(46)21-11-26(42-3)27(43-4)12-22(21)33(23)47)48-34(25)36-29(39)37-38(51-36)35-28(50-37)10-18(49-35)8-24-30(44)19-5-15(13-40)16(14-41)6-20(19)31(24)45/h5-12H,1-2H3. The molecule has 0 saturated carbocycles. The van der Waals surface area contributed by atoms with Crippen LogP contribution >= 0.6 is 45.3 Å². The van der Waals surface area contributed by atoms with Gasteiger partial charge in [0.05, 0.1) is 54.4 Å². The van der Waals surface area contributed by atoms with E-state index < -0.39 is 23.1 Å². The summed E-state index contributed by atoms with van der Waals surface area (Å²) in [5.74, 6) is -1.82. The summed E-state index contributed by atoms with van der Waals surface area (Å²) in [6.45, 7) is 19.1. The Bertz CT molecular complexity index is 2910. The third-order valence-electron chi connectivity index (χ3n) is 9.54. The quantitative estimate of drug-likeness (QED) is 0.0992. The number of benzene rings is 2. The lowest BCUT2D eigenvalue weighted by Gasteiger charge is -2.19. The lowest BCUT2D eigenvalue weighted by molar-refractivity contribution is 0.0975. The van der Waals surface area contributed by atoms with Crippen LogP contribution in [0.5, 0.6) is 0 Å². The Kier molecular flexibility index (Phi) is 6.33. The van der Waals surface area contributed by atoms with Crippen molar-refractivity contribution in [2.45, 2.75) is 19.3 Å². The van der Waals surface area contributed by atoms with Crippen LogP contribution in [0.1, 0.15) is 87.3 Å². The molecule has 0 atom stereocenters. The number of hydrogen-bond donors (Lipinski definition) is 0. The van der Waals surface area contributed by atoms with Crippen molar-refractivity contribution in [1.29, 1.82) is 10.5 Å². The van der Waals surface area contributed by atoms with Crippen molar-refractivity contribution in [2.75, 3.05) is 0 Å². The number of nitriles is 2. The third kappa shape index (κ3) is 4.05. The molecule has 0 amide bonds. The summed E-state index contributed by atoms with van der Waals surface area (Å²) < 4.78 is 4.40. The monoisotopic (exact) mass is 730 g/mol. The zero-order valence-corrected chi connectivity index (χ0v) is 29.4. The number of Topliss-reactive ketones (excluding diaryl/α,β-unsaturated/α-hetero) is 4. The van der Waals surface area contributed by atoms with Gasteiger partial charge in [-0.15, -0.1) is 45.3 Å². The smallest absolute Gasteiger partial charge is 0.197 e. The molecule has 0 aliphatic heterocycles. The van der Waals surface area contributed by atoms with Crippen molar-refractivity contribution in [2.24, 2.45) is 0 Å². The van der Waals surface area contributed by atoms with Gasteiger partial charge in [-0.05, 0) is 47.5 Å². The molecule has 0 unspecified atom stereocenters. The molecule has 0 spiro atoms. The average Bonchev–Trinajstić information content (AvgIpc) is 3.97. The fraction of sp³-hybridized carbons (Fsp3) is 0.0769. The normalized spacial score (nSPS) is 15.0. The Balaban J connectivity index is 1.08. The van der Waals surface area contributed by atoms with Crippen LogP contribution in [0.15, 0.2) is 47.5 Å². The van der Waals surface area contributed by atoms with E-state index in [1.54, 1.807) is 34.8 Å². The van der Waals surface area contributed by atoms with Crippen molar-refractivity contribution < 1.29 is 19.2 Å². The summed E-state index contributed by atoms with van der Waals surface area (Å²) in [6, 6.07) is 13.2. The van der Waals surface area contributed by atoms with E-state index in [4.69, 9.17) is 13.1 Å². The van der Waals surface area contributed by atoms with Gasteiger partial charge in [0.2, 0.25) is 0 Å². The highest BCUT2D eigenvalue weighted by molar-refractivity contribution is 7.40. The number of carbonyl (C=O) groups excluding carboxylic acids is 4. The molecule has 238 valence electrons. The minimum Gasteiger partial charge on any atom is -0.288 e. The second kappa shape index (κ2) is 10.4. The Morgan fingerprint density at radius 3 is 1.65 bits per heavy atom. The van der Waals surface area contributed by atoms with Crippen molar-refractivity contribution in [3.05, 3.63) is 125 Å². The molecule has 0 radical (unpaired) electrons. The molecule has 6 aromatic rings. The maximum absolute atomic E-state index is 13.3. The highest BCUT2D eigenvalue weighted by Crippen LogP contribution is 2.61. The van der Waals surface area contributed by atoms with Crippen LogP contribution in [0, 0.1) is 35.8 Å². The molecule has 12 heteroatoms. The summed E-state index contributed by atoms with van der Waals surface area (Å²) in [5.41, 5.74) is 2.81. The van der Waals surface area contributed by atoms with Gasteiger partial charge in [0.25, 0.3) is 0 Å². The first-order chi connectivity index (χ1) is 24.5. The summed E-state index contributed by atoms with van der Waals surface area (Å²) in [7, 11) is 0. The summed E-state index contributed by atoms with van der Waals surface area (Å²) in [5, 5.41) is 18.8. The maximum Gasteiger partial charge on any atom is 0.197 e. The van der Waals surface area contributed by atoms with E-state index >= 15 is 0 Å². The summed E-state index contributed by atoms with van der Waals surface area (Å²) in [4.78, 5) is 63.6. The Morgan fingerprint density at radius 2 is 1.14 bits per heavy atom. The van der Waals surface area contributed by atoms with Crippen LogP contribution in [-0.4, -0.2) is 23.1 Å². The first kappa shape index (κ1) is 30.9. The number of allylic oxidation sites excluding steroid dienone is 2. The van der Waals surface area contributed by atoms with E-state index in [1.165, 1.54) is 57.2 Å². The molecule has 0 N–H and O–H groups in total. The van der Waals surface area contributed by atoms with E-state index in [-0.39, 0.29) is 61.3 Å². The second-order valence-electron chi connectivity index (χ2n) is 12.6. The third-order valence-corrected chi connectivity index (χ3v) is 14.6. The van der Waals surface area contributed by atoms with Crippen molar-refractivity contribution in [3.63, 3.8) is 0 Å². The largest absolute Gasteiger partial charge is 0.288 e. The number of fused-ring (bicyclic) bond motifs is 9. The molecule has 0 saturated heterocycles. The molecule has 3 aliphatic carbocycles. The van der Waals surface area contributed by atoms with Crippen LogP contribution in [0.25, 0.3) is 50.4 Å². The van der Waals surface area contributed by atoms with Gasteiger partial charge in [-0.3, -0.25) is 28.9 Å². The number of ketones is 4. The number of carbonyl (C=O) groups is 4. The Labute approximate surface area is 304 Å². The van der Waals surface area contributed by atoms with Crippen molar-refractivity contribution in [1.82, 2.24) is 0 Å². The summed E-state index contributed by atoms with van der Waals surface area (Å²) >= 11 is 6.37. The first-order valence-corrected chi connectivity index (χ1v) is 18.4. The minimum atomic E-state index is -0.461. The fourth-order valence-electron chi connectivity index (χ4n) is 7.07. The lowest BCUT2D eigenvalue weighted by atomic mass is 9.84. The SMILES string of the molecule is [C-]#[N+]c1cc2c(cc1[N+]#[C-])C(=O)C(=Cc1cc3c(s1)-c1sc4c(sc5cc(C=C6C(=O)c7cc(C#N)c(C#N)cc7C6=O)sc54)c1C3(C)C)C2=O. The van der Waals surface area contributed by atoms with Gasteiger partial charge in [-0.2, -0.15) is 10.5 Å². The van der Waals surface area contributed by atoms with E-state index in [1.807, 2.05) is 24.3 Å². The molecule has 0 bridgehead atoms. The zero-order chi connectivity index (χ0) is 35.7. The van der Waals surface area contributed by atoms with Gasteiger partial charge in [0.15, 0.2) is 34.5 Å². The fourth-order valence-corrected chi connectivity index (χ4v) is 13.0. The molecule has 0 fully saturated rings. The van der Waals surface area contributed by atoms with Crippen LogP contribution in [0.2, 0.25) is 0 Å².